The third-order valence-electron chi connectivity index (χ3n) is 2.87. The van der Waals surface area contributed by atoms with E-state index < -0.39 is 0 Å². The number of rotatable bonds is 6. The maximum atomic E-state index is 6.17. The van der Waals surface area contributed by atoms with E-state index in [1.54, 1.807) is 14.2 Å². The molecule has 0 saturated carbocycles. The van der Waals surface area contributed by atoms with Crippen molar-refractivity contribution < 1.29 is 9.47 Å². The zero-order chi connectivity index (χ0) is 12.8. The molecule has 4 N–H and O–H groups in total. The second kappa shape index (κ2) is 6.47. The van der Waals surface area contributed by atoms with Crippen LogP contribution in [0.3, 0.4) is 0 Å². The molecule has 0 aliphatic carbocycles. The van der Waals surface area contributed by atoms with Crippen LogP contribution in [0.4, 0.5) is 0 Å². The minimum atomic E-state index is -0.0422. The molecule has 1 rings (SSSR count). The van der Waals surface area contributed by atoms with Gasteiger partial charge in [0, 0.05) is 17.7 Å². The Kier molecular flexibility index (Phi) is 5.25. The highest BCUT2D eigenvalue weighted by atomic mass is 16.5. The number of nitrogens with two attached hydrogens (primary N) is 2. The summed E-state index contributed by atoms with van der Waals surface area (Å²) in [5, 5.41) is 0. The van der Waals surface area contributed by atoms with Crippen LogP contribution in [0.2, 0.25) is 0 Å². The number of hydrogen-bond acceptors (Lipinski definition) is 4. The molecule has 17 heavy (non-hydrogen) atoms. The van der Waals surface area contributed by atoms with Crippen molar-refractivity contribution in [2.24, 2.45) is 11.5 Å². The van der Waals surface area contributed by atoms with E-state index in [0.717, 1.165) is 35.5 Å². The summed E-state index contributed by atoms with van der Waals surface area (Å²) in [5.74, 6) is 1.57. The zero-order valence-corrected chi connectivity index (χ0v) is 10.8. The van der Waals surface area contributed by atoms with Crippen LogP contribution in [0.15, 0.2) is 12.1 Å². The molecule has 0 fully saturated rings. The van der Waals surface area contributed by atoms with Gasteiger partial charge in [0.25, 0.3) is 0 Å². The van der Waals surface area contributed by atoms with Gasteiger partial charge in [0.15, 0.2) is 0 Å². The fraction of sp³-hybridized carbons (Fsp3) is 0.538. The SMILES string of the molecule is COc1cc(C)c(C(N)CCCN)c(OC)c1. The Labute approximate surface area is 103 Å². The standard InChI is InChI=1S/C13H22N2O2/c1-9-7-10(16-2)8-12(17-3)13(9)11(15)5-4-6-14/h7-8,11H,4-6,14-15H2,1-3H3. The van der Waals surface area contributed by atoms with Crippen LogP contribution in [0, 0.1) is 6.92 Å². The number of methoxy groups -OCH3 is 2. The Morgan fingerprint density at radius 1 is 1.24 bits per heavy atom. The summed E-state index contributed by atoms with van der Waals surface area (Å²) < 4.78 is 10.6. The molecule has 0 bridgehead atoms. The first kappa shape index (κ1) is 13.8. The highest BCUT2D eigenvalue weighted by Crippen LogP contribution is 2.33. The minimum absolute atomic E-state index is 0.0422. The van der Waals surface area contributed by atoms with Crippen molar-refractivity contribution in [3.63, 3.8) is 0 Å². The molecule has 0 saturated heterocycles. The summed E-state index contributed by atoms with van der Waals surface area (Å²) in [6.45, 7) is 2.67. The first-order valence-electron chi connectivity index (χ1n) is 5.82. The largest absolute Gasteiger partial charge is 0.497 e. The predicted octanol–water partition coefficient (Wildman–Crippen LogP) is 1.75. The van der Waals surface area contributed by atoms with Crippen molar-refractivity contribution in [1.29, 1.82) is 0 Å². The third-order valence-corrected chi connectivity index (χ3v) is 2.87. The van der Waals surface area contributed by atoms with E-state index in [-0.39, 0.29) is 6.04 Å². The molecule has 0 heterocycles. The van der Waals surface area contributed by atoms with Crippen LogP contribution in [-0.4, -0.2) is 20.8 Å². The average molecular weight is 238 g/mol. The molecule has 4 heteroatoms. The molecule has 1 aromatic carbocycles. The zero-order valence-electron chi connectivity index (χ0n) is 10.8. The molecule has 0 aromatic heterocycles. The molecule has 4 nitrogen and oxygen atoms in total. The smallest absolute Gasteiger partial charge is 0.127 e. The van der Waals surface area contributed by atoms with Gasteiger partial charge in [-0.3, -0.25) is 0 Å². The van der Waals surface area contributed by atoms with Crippen molar-refractivity contribution in [3.8, 4) is 11.5 Å². The lowest BCUT2D eigenvalue weighted by Crippen LogP contribution is -2.15. The lowest BCUT2D eigenvalue weighted by Gasteiger charge is -2.19. The molecule has 96 valence electrons. The number of aryl methyl sites for hydroxylation is 1. The second-order valence-electron chi connectivity index (χ2n) is 4.10. The van der Waals surface area contributed by atoms with Crippen molar-refractivity contribution in [1.82, 2.24) is 0 Å². The molecular weight excluding hydrogens is 216 g/mol. The lowest BCUT2D eigenvalue weighted by molar-refractivity contribution is 0.386. The van der Waals surface area contributed by atoms with Gasteiger partial charge in [-0.25, -0.2) is 0 Å². The van der Waals surface area contributed by atoms with E-state index in [1.807, 2.05) is 19.1 Å². The summed E-state index contributed by atoms with van der Waals surface area (Å²) in [4.78, 5) is 0. The van der Waals surface area contributed by atoms with Crippen LogP contribution in [0.25, 0.3) is 0 Å². The van der Waals surface area contributed by atoms with E-state index in [1.165, 1.54) is 0 Å². The first-order valence-corrected chi connectivity index (χ1v) is 5.82. The Balaban J connectivity index is 3.04. The van der Waals surface area contributed by atoms with Crippen LogP contribution in [0.1, 0.15) is 30.0 Å². The lowest BCUT2D eigenvalue weighted by atomic mass is 9.97. The summed E-state index contributed by atoms with van der Waals surface area (Å²) in [6.07, 6.45) is 1.77. The maximum Gasteiger partial charge on any atom is 0.127 e. The van der Waals surface area contributed by atoms with Crippen LogP contribution >= 0.6 is 0 Å². The van der Waals surface area contributed by atoms with Gasteiger partial charge in [-0.1, -0.05) is 0 Å². The van der Waals surface area contributed by atoms with Gasteiger partial charge in [-0.15, -0.1) is 0 Å². The van der Waals surface area contributed by atoms with Gasteiger partial charge in [0.1, 0.15) is 11.5 Å². The fourth-order valence-electron chi connectivity index (χ4n) is 1.98. The van der Waals surface area contributed by atoms with Crippen molar-refractivity contribution in [2.45, 2.75) is 25.8 Å². The van der Waals surface area contributed by atoms with Crippen molar-refractivity contribution in [3.05, 3.63) is 23.3 Å². The maximum absolute atomic E-state index is 6.17. The summed E-state index contributed by atoms with van der Waals surface area (Å²) in [7, 11) is 3.29. The fourth-order valence-corrected chi connectivity index (χ4v) is 1.98. The van der Waals surface area contributed by atoms with Crippen LogP contribution in [0.5, 0.6) is 11.5 Å². The number of ether oxygens (including phenoxy) is 2. The molecule has 1 atom stereocenters. The third kappa shape index (κ3) is 3.35. The summed E-state index contributed by atoms with van der Waals surface area (Å²) in [5.41, 5.74) is 13.8. The van der Waals surface area contributed by atoms with E-state index >= 15 is 0 Å². The highest BCUT2D eigenvalue weighted by molar-refractivity contribution is 5.47. The molecule has 1 unspecified atom stereocenters. The Morgan fingerprint density at radius 2 is 1.94 bits per heavy atom. The molecule has 0 aliphatic heterocycles. The van der Waals surface area contributed by atoms with Gasteiger partial charge < -0.3 is 20.9 Å². The van der Waals surface area contributed by atoms with E-state index in [0.29, 0.717) is 6.54 Å². The first-order chi connectivity index (χ1) is 8.13. The summed E-state index contributed by atoms with van der Waals surface area (Å²) >= 11 is 0. The topological polar surface area (TPSA) is 70.5 Å². The van der Waals surface area contributed by atoms with Gasteiger partial charge in [-0.2, -0.15) is 0 Å². The molecule has 0 spiro atoms. The number of benzene rings is 1. The Bertz CT molecular complexity index is 367. The number of hydrogen-bond donors (Lipinski definition) is 2. The normalized spacial score (nSPS) is 12.3. The predicted molar refractivity (Wildman–Crippen MR) is 69.5 cm³/mol. The highest BCUT2D eigenvalue weighted by Gasteiger charge is 2.16. The molecule has 0 radical (unpaired) electrons. The molecular formula is C13H22N2O2. The second-order valence-corrected chi connectivity index (χ2v) is 4.10. The monoisotopic (exact) mass is 238 g/mol. The van der Waals surface area contributed by atoms with Crippen molar-refractivity contribution >= 4 is 0 Å². The van der Waals surface area contributed by atoms with E-state index in [4.69, 9.17) is 20.9 Å². The quantitative estimate of drug-likeness (QED) is 0.792. The van der Waals surface area contributed by atoms with Crippen LogP contribution in [-0.2, 0) is 0 Å². The van der Waals surface area contributed by atoms with E-state index in [2.05, 4.69) is 0 Å². The van der Waals surface area contributed by atoms with Crippen LogP contribution < -0.4 is 20.9 Å². The minimum Gasteiger partial charge on any atom is -0.497 e. The van der Waals surface area contributed by atoms with Gasteiger partial charge in [0.05, 0.1) is 14.2 Å². The van der Waals surface area contributed by atoms with E-state index in [9.17, 15) is 0 Å². The molecule has 0 amide bonds. The molecule has 0 aliphatic rings. The Morgan fingerprint density at radius 3 is 2.47 bits per heavy atom. The summed E-state index contributed by atoms with van der Waals surface area (Å²) in [6, 6.07) is 3.80. The Hall–Kier alpha value is -1.26. The molecule has 1 aromatic rings. The van der Waals surface area contributed by atoms with Gasteiger partial charge in [-0.05, 0) is 37.9 Å². The van der Waals surface area contributed by atoms with Crippen molar-refractivity contribution in [2.75, 3.05) is 20.8 Å². The average Bonchev–Trinajstić information content (AvgIpc) is 2.34. The van der Waals surface area contributed by atoms with Gasteiger partial charge >= 0.3 is 0 Å². The van der Waals surface area contributed by atoms with Gasteiger partial charge in [0.2, 0.25) is 0 Å².